The van der Waals surface area contributed by atoms with E-state index in [0.717, 1.165) is 11.6 Å². The highest BCUT2D eigenvalue weighted by atomic mass is 35.5. The van der Waals surface area contributed by atoms with Gasteiger partial charge >= 0.3 is 5.97 Å². The highest BCUT2D eigenvalue weighted by Gasteiger charge is 2.43. The zero-order valence-electron chi connectivity index (χ0n) is 20.1. The van der Waals surface area contributed by atoms with Crippen LogP contribution in [0.5, 0.6) is 5.75 Å². The Morgan fingerprint density at radius 2 is 1.86 bits per heavy atom. The lowest BCUT2D eigenvalue weighted by Crippen LogP contribution is -2.47. The average molecular weight is 500 g/mol. The van der Waals surface area contributed by atoms with Gasteiger partial charge in [-0.1, -0.05) is 29.8 Å². The van der Waals surface area contributed by atoms with Gasteiger partial charge in [0.15, 0.2) is 6.10 Å². The number of aromatic hydroxyl groups is 1. The summed E-state index contributed by atoms with van der Waals surface area (Å²) in [6.45, 7) is 9.01. The zero-order chi connectivity index (χ0) is 25.7. The summed E-state index contributed by atoms with van der Waals surface area (Å²) < 4.78 is 20.7. The largest absolute Gasteiger partial charge is 0.507 e. The van der Waals surface area contributed by atoms with Crippen molar-refractivity contribution in [2.45, 2.75) is 51.9 Å². The Kier molecular flexibility index (Phi) is 6.15. The van der Waals surface area contributed by atoms with Gasteiger partial charge in [-0.05, 0) is 58.4 Å². The number of aliphatic carboxylic acids is 1. The molecular weight excluding hydrogens is 473 g/mol. The van der Waals surface area contributed by atoms with Gasteiger partial charge in [-0.15, -0.1) is 0 Å². The first kappa shape index (κ1) is 24.8. The summed E-state index contributed by atoms with van der Waals surface area (Å²) in [6.07, 6.45) is -1.28. The maximum atomic E-state index is 13.4. The van der Waals surface area contributed by atoms with E-state index in [1.807, 2.05) is 38.1 Å². The molecule has 0 aliphatic carbocycles. The summed E-state index contributed by atoms with van der Waals surface area (Å²) in [5.74, 6) is -1.24. The second-order valence-corrected chi connectivity index (χ2v) is 10.3. The van der Waals surface area contributed by atoms with E-state index in [2.05, 4.69) is 10.4 Å². The monoisotopic (exact) mass is 499 g/mol. The molecule has 0 fully saturated rings. The lowest BCUT2D eigenvalue weighted by molar-refractivity contribution is -0.156. The number of nitrogens with zero attached hydrogens (tertiary/aromatic N) is 2. The molecule has 1 aromatic heterocycles. The van der Waals surface area contributed by atoms with Crippen LogP contribution in [0.2, 0.25) is 0 Å². The summed E-state index contributed by atoms with van der Waals surface area (Å²) in [5, 5.41) is 28.2. The third kappa shape index (κ3) is 4.90. The van der Waals surface area contributed by atoms with Gasteiger partial charge in [0, 0.05) is 28.8 Å². The van der Waals surface area contributed by atoms with Crippen LogP contribution in [0.4, 0.5) is 10.2 Å². The van der Waals surface area contributed by atoms with Gasteiger partial charge in [0.05, 0.1) is 16.8 Å². The molecule has 184 valence electrons. The Hall–Kier alpha value is -3.36. The molecule has 1 unspecified atom stereocenters. The minimum Gasteiger partial charge on any atom is -0.507 e. The Bertz CT molecular complexity index is 1340. The fourth-order valence-corrected chi connectivity index (χ4v) is 4.60. The van der Waals surface area contributed by atoms with Crippen molar-refractivity contribution in [2.75, 3.05) is 5.32 Å². The number of rotatable bonds is 5. The number of carboxylic acids is 1. The number of carbonyl (C=O) groups is 1. The molecule has 2 aromatic carbocycles. The number of hydrogen-bond donors (Lipinski definition) is 3. The quantitative estimate of drug-likeness (QED) is 0.402. The van der Waals surface area contributed by atoms with Gasteiger partial charge in [0.1, 0.15) is 22.5 Å². The molecule has 1 aliphatic rings. The molecular formula is C26H27ClFN3O4. The van der Waals surface area contributed by atoms with Crippen molar-refractivity contribution >= 4 is 28.5 Å². The van der Waals surface area contributed by atoms with E-state index in [4.69, 9.17) is 16.3 Å². The summed E-state index contributed by atoms with van der Waals surface area (Å²) in [5.41, 5.74) is 1.29. The number of aromatic nitrogens is 2. The lowest BCUT2D eigenvalue weighted by atomic mass is 9.88. The van der Waals surface area contributed by atoms with Crippen LogP contribution in [0.1, 0.15) is 34.6 Å². The van der Waals surface area contributed by atoms with Crippen LogP contribution in [-0.4, -0.2) is 43.2 Å². The van der Waals surface area contributed by atoms with Crippen molar-refractivity contribution in [3.63, 3.8) is 0 Å². The number of anilines is 1. The normalized spacial score (nSPS) is 16.0. The minimum atomic E-state index is -1.28. The molecule has 2 heterocycles. The van der Waals surface area contributed by atoms with Gasteiger partial charge in [0.25, 0.3) is 0 Å². The molecule has 4 rings (SSSR count). The lowest BCUT2D eigenvalue weighted by Gasteiger charge is -2.39. The van der Waals surface area contributed by atoms with Crippen molar-refractivity contribution in [3.8, 4) is 28.1 Å². The average Bonchev–Trinajstić information content (AvgIpc) is 3.15. The van der Waals surface area contributed by atoms with E-state index < -0.39 is 29.0 Å². The number of nitrogens with one attached hydrogen (secondary N) is 1. The number of fused-ring (bicyclic) bond motifs is 1. The van der Waals surface area contributed by atoms with Crippen molar-refractivity contribution in [1.82, 2.24) is 9.78 Å². The van der Waals surface area contributed by atoms with E-state index in [9.17, 15) is 19.4 Å². The van der Waals surface area contributed by atoms with E-state index >= 15 is 0 Å². The predicted octanol–water partition coefficient (Wildman–Crippen LogP) is 5.94. The number of benzene rings is 2. The molecule has 3 N–H and O–H groups in total. The molecule has 7 nitrogen and oxygen atoms in total. The number of phenols is 1. The predicted molar refractivity (Wildman–Crippen MR) is 134 cm³/mol. The smallest absolute Gasteiger partial charge is 0.337 e. The van der Waals surface area contributed by atoms with Crippen molar-refractivity contribution in [1.29, 1.82) is 0 Å². The molecule has 0 amide bonds. The summed E-state index contributed by atoms with van der Waals surface area (Å²) in [6, 6.07) is 13.0. The zero-order valence-corrected chi connectivity index (χ0v) is 20.8. The van der Waals surface area contributed by atoms with Crippen molar-refractivity contribution in [3.05, 3.63) is 59.9 Å². The molecule has 9 heteroatoms. The van der Waals surface area contributed by atoms with Gasteiger partial charge in [-0.2, -0.15) is 5.10 Å². The fourth-order valence-electron chi connectivity index (χ4n) is 4.14. The maximum Gasteiger partial charge on any atom is 0.337 e. The molecule has 0 saturated carbocycles. The van der Waals surface area contributed by atoms with E-state index in [0.29, 0.717) is 28.2 Å². The number of ether oxygens (including phenoxy) is 1. The number of phenolic OH excluding ortho intramolecular Hbond substituents is 1. The van der Waals surface area contributed by atoms with Gasteiger partial charge in [0.2, 0.25) is 0 Å². The second-order valence-electron chi connectivity index (χ2n) is 9.97. The number of carboxylic acid groups (broad SMARTS) is 1. The fraction of sp³-hybridized carbons (Fsp3) is 0.308. The maximum absolute atomic E-state index is 13.4. The van der Waals surface area contributed by atoms with Crippen LogP contribution in [0.3, 0.4) is 0 Å². The first-order valence-corrected chi connectivity index (χ1v) is 11.4. The van der Waals surface area contributed by atoms with Crippen LogP contribution < -0.4 is 5.32 Å². The molecule has 1 atom stereocenters. The van der Waals surface area contributed by atoms with Crippen LogP contribution >= 0.6 is 11.6 Å². The van der Waals surface area contributed by atoms with Crippen LogP contribution in [0.15, 0.2) is 54.1 Å². The topological polar surface area (TPSA) is 96.6 Å². The standard InChI is InChI=1S/C26H27ClFN3O4/c1-25(2,3)35-22(24(33)34)21-23(27)31-20(29-26(21,4)5)13-18(30-31)15-8-6-7-14(11-15)17-10-9-16(28)12-19(17)32/h6-13,22,29,32H,1-5H3,(H,33,34). The van der Waals surface area contributed by atoms with Gasteiger partial charge < -0.3 is 20.3 Å². The summed E-state index contributed by atoms with van der Waals surface area (Å²) in [7, 11) is 0. The first-order chi connectivity index (χ1) is 16.3. The van der Waals surface area contributed by atoms with Crippen molar-refractivity contribution < 1.29 is 24.1 Å². The minimum absolute atomic E-state index is 0.152. The molecule has 1 aliphatic heterocycles. The molecule has 0 radical (unpaired) electrons. The summed E-state index contributed by atoms with van der Waals surface area (Å²) >= 11 is 6.76. The van der Waals surface area contributed by atoms with Crippen LogP contribution in [-0.2, 0) is 9.53 Å². The molecule has 0 bridgehead atoms. The van der Waals surface area contributed by atoms with E-state index in [1.165, 1.54) is 16.8 Å². The Labute approximate surface area is 207 Å². The third-order valence-electron chi connectivity index (χ3n) is 5.62. The molecule has 3 aromatic rings. The Balaban J connectivity index is 1.79. The molecule has 0 spiro atoms. The third-order valence-corrected chi connectivity index (χ3v) is 5.98. The van der Waals surface area contributed by atoms with Gasteiger partial charge in [-0.25, -0.2) is 13.9 Å². The van der Waals surface area contributed by atoms with Crippen molar-refractivity contribution in [2.24, 2.45) is 0 Å². The number of halogens is 2. The molecule has 35 heavy (non-hydrogen) atoms. The number of hydrogen-bond acceptors (Lipinski definition) is 5. The van der Waals surface area contributed by atoms with E-state index in [1.54, 1.807) is 26.8 Å². The van der Waals surface area contributed by atoms with Crippen LogP contribution in [0.25, 0.3) is 27.5 Å². The Morgan fingerprint density at radius 1 is 1.17 bits per heavy atom. The SMILES string of the molecule is CC(C)(C)OC(C(=O)O)C1=C(Cl)n2nc(-c3cccc(-c4ccc(F)cc4O)c3)cc2NC1(C)C. The second kappa shape index (κ2) is 8.70. The highest BCUT2D eigenvalue weighted by Crippen LogP contribution is 2.41. The Morgan fingerprint density at radius 3 is 2.49 bits per heavy atom. The first-order valence-electron chi connectivity index (χ1n) is 11.1. The van der Waals surface area contributed by atoms with E-state index in [-0.39, 0.29) is 10.9 Å². The molecule has 0 saturated heterocycles. The van der Waals surface area contributed by atoms with Gasteiger partial charge in [-0.3, -0.25) is 0 Å². The highest BCUT2D eigenvalue weighted by molar-refractivity contribution is 6.46. The summed E-state index contributed by atoms with van der Waals surface area (Å²) in [4.78, 5) is 12.2. The van der Waals surface area contributed by atoms with Crippen LogP contribution in [0, 0.1) is 5.82 Å².